The van der Waals surface area contributed by atoms with E-state index in [0.717, 1.165) is 51.2 Å². The van der Waals surface area contributed by atoms with Crippen molar-refractivity contribution in [2.45, 2.75) is 0 Å². The Kier molecular flexibility index (Phi) is 19.8. The van der Waals surface area contributed by atoms with E-state index in [-0.39, 0.29) is 0 Å². The normalized spacial score (nSPS) is 11.8. The summed E-state index contributed by atoms with van der Waals surface area (Å²) in [6.07, 6.45) is 0. The third kappa shape index (κ3) is 14.0. The Morgan fingerprint density at radius 3 is 0.781 bits per heavy atom. The first-order valence-electron chi connectivity index (χ1n) is 46.4. The van der Waals surface area contributed by atoms with Crippen LogP contribution < -0.4 is 14.7 Å². The molecule has 6 aromatic heterocycles. The first-order chi connectivity index (χ1) is 67.9. The maximum absolute atomic E-state index is 2.37. The summed E-state index contributed by atoms with van der Waals surface area (Å²) in [4.78, 5) is 7.07. The minimum absolute atomic E-state index is 1.13. The van der Waals surface area contributed by atoms with Crippen molar-refractivity contribution in [1.82, 2.24) is 0 Å². The van der Waals surface area contributed by atoms with E-state index in [4.69, 9.17) is 0 Å². The molecule has 0 unspecified atom stereocenters. The molecule has 0 spiro atoms. The van der Waals surface area contributed by atoms with Gasteiger partial charge in [0.05, 0.1) is 0 Å². The van der Waals surface area contributed by atoms with Gasteiger partial charge < -0.3 is 14.7 Å². The van der Waals surface area contributed by atoms with Crippen molar-refractivity contribution in [3.05, 3.63) is 479 Å². The van der Waals surface area contributed by atoms with Crippen molar-refractivity contribution in [2.24, 2.45) is 0 Å². The summed E-state index contributed by atoms with van der Waals surface area (Å²) in [7, 11) is 0. The van der Waals surface area contributed by atoms with Crippen LogP contribution in [0.4, 0.5) is 51.2 Å². The predicted molar refractivity (Wildman–Crippen MR) is 605 cm³/mol. The van der Waals surface area contributed by atoms with Gasteiger partial charge in [0.15, 0.2) is 0 Å². The summed E-state index contributed by atoms with van der Waals surface area (Å²) in [5.41, 5.74) is 17.8. The maximum Gasteiger partial charge on any atom is 0.0468 e. The first-order valence-corrected chi connectivity index (χ1v) is 51.3. The molecular weight excluding hydrogens is 1770 g/mol. The van der Waals surface area contributed by atoms with Gasteiger partial charge in [-0.3, -0.25) is 0 Å². The largest absolute Gasteiger partial charge is 0.310 e. The van der Waals surface area contributed by atoms with Gasteiger partial charge in [-0.25, -0.2) is 0 Å². The second kappa shape index (κ2) is 33.6. The van der Waals surface area contributed by atoms with Gasteiger partial charge in [0.2, 0.25) is 0 Å². The highest BCUT2D eigenvalue weighted by atomic mass is 32.1. The highest BCUT2D eigenvalue weighted by Crippen LogP contribution is 2.54. The van der Waals surface area contributed by atoms with E-state index >= 15 is 0 Å². The lowest BCUT2D eigenvalue weighted by atomic mass is 9.98. The smallest absolute Gasteiger partial charge is 0.0468 e. The summed E-state index contributed by atoms with van der Waals surface area (Å²) in [6, 6.07) is 175. The van der Waals surface area contributed by atoms with Crippen LogP contribution in [0.3, 0.4) is 0 Å². The van der Waals surface area contributed by atoms with E-state index in [1.807, 2.05) is 68.0 Å². The van der Waals surface area contributed by atoms with Crippen LogP contribution in [-0.2, 0) is 0 Å². The van der Waals surface area contributed by atoms with Gasteiger partial charge in [-0.05, 0) is 251 Å². The van der Waals surface area contributed by atoms with Crippen LogP contribution in [0.5, 0.6) is 0 Å². The monoisotopic (exact) mass is 1850 g/mol. The van der Waals surface area contributed by atoms with Crippen molar-refractivity contribution in [2.75, 3.05) is 14.7 Å². The van der Waals surface area contributed by atoms with Crippen molar-refractivity contribution in [1.29, 1.82) is 0 Å². The van der Waals surface area contributed by atoms with Crippen LogP contribution in [0, 0.1) is 0 Å². The SMILES string of the molecule is c1ccc(N(c2ccc(-c3cccc4sc5ccc6c7ccccc7sc6c5c34)cc2)c2ccc3c(ccc4ccccc43)c2)cc1.c1ccc(N(c2ccc(-c3cccc4sc5ccc6c7ccccc7sc6c5c34)cc2)c2ccc3ccc4ccccc4c3c2)cc1.c1ccc(N(c2ccc(-c3cccc4sc5ccc6c7ccccc7sc6c5c34)cc2)c2ccc3ccccc3c2)cc1. The minimum Gasteiger partial charge on any atom is -0.310 e. The Hall–Kier alpha value is -15.9. The molecule has 29 rings (SSSR count). The zero-order valence-corrected chi connectivity index (χ0v) is 78.8. The summed E-state index contributed by atoms with van der Waals surface area (Å²) in [5.74, 6) is 0. The van der Waals surface area contributed by atoms with E-state index < -0.39 is 0 Å². The quantitative estimate of drug-likeness (QED) is 0.113. The predicted octanol–water partition coefficient (Wildman–Crippen LogP) is 40.4. The molecule has 0 aliphatic carbocycles. The van der Waals surface area contributed by atoms with Crippen LogP contribution in [0.2, 0.25) is 0 Å². The Balaban J connectivity index is 0.000000104. The summed E-state index contributed by atoms with van der Waals surface area (Å²) in [6.45, 7) is 0. The molecule has 0 aliphatic rings. The topological polar surface area (TPSA) is 9.72 Å². The lowest BCUT2D eigenvalue weighted by Crippen LogP contribution is -2.09. The standard InChI is InChI=1S/2C44H27NS2.C40H25NS2/c1-2-10-31(11-3-1)45(33-24-21-30-18-17-28-9-4-5-12-34(28)38(30)27-33)32-22-19-29(20-23-32)35-14-8-16-40-42(35)43-41(46-40)26-25-37-36-13-6-7-15-39(36)47-44(37)43;1-2-10-31(11-3-1)45(33-23-24-35-30(27-33)18-17-28-9-4-5-12-34(28)35)32-21-19-29(20-22-32)36-14-8-16-40-42(36)43-41(46-40)26-25-38-37-13-6-7-15-39(37)47-44(38)43;1-2-11-29(12-3-1)41(31-22-17-26-9-4-5-10-28(26)25-31)30-20-18-27(19-21-30)32-14-8-16-36-38(32)39-37(42-36)24-23-34-33-13-6-7-15-35(33)43-40(34)39/h2*1-27H;1-25H. The molecule has 0 radical (unpaired) electrons. The highest BCUT2D eigenvalue weighted by molar-refractivity contribution is 7.31. The third-order valence-corrected chi connectivity index (χ3v) is 34.3. The maximum atomic E-state index is 2.37. The van der Waals surface area contributed by atoms with E-state index in [0.29, 0.717) is 0 Å². The number of thiophene rings is 6. The lowest BCUT2D eigenvalue weighted by Gasteiger charge is -2.26. The first kappa shape index (κ1) is 80.7. The fraction of sp³-hybridized carbons (Fsp3) is 0. The van der Waals surface area contributed by atoms with Crippen LogP contribution in [0.25, 0.3) is 208 Å². The van der Waals surface area contributed by atoms with Crippen molar-refractivity contribution < 1.29 is 0 Å². The van der Waals surface area contributed by atoms with Crippen LogP contribution >= 0.6 is 68.0 Å². The van der Waals surface area contributed by atoms with E-state index in [1.54, 1.807) is 0 Å². The van der Waals surface area contributed by atoms with Crippen LogP contribution in [0.1, 0.15) is 0 Å². The molecular formula is C128H79N3S6. The van der Waals surface area contributed by atoms with Gasteiger partial charge >= 0.3 is 0 Å². The molecule has 0 N–H and O–H groups in total. The van der Waals surface area contributed by atoms with Gasteiger partial charge in [0.1, 0.15) is 0 Å². The van der Waals surface area contributed by atoms with E-state index in [1.165, 1.54) is 208 Å². The lowest BCUT2D eigenvalue weighted by molar-refractivity contribution is 1.29. The average molecular weight is 1850 g/mol. The molecule has 0 amide bonds. The van der Waals surface area contributed by atoms with Crippen molar-refractivity contribution in [3.63, 3.8) is 0 Å². The molecule has 0 atom stereocenters. The number of hydrogen-bond donors (Lipinski definition) is 0. The number of anilines is 9. The number of hydrogen-bond acceptors (Lipinski definition) is 9. The molecule has 0 saturated carbocycles. The van der Waals surface area contributed by atoms with Crippen LogP contribution in [-0.4, -0.2) is 0 Å². The van der Waals surface area contributed by atoms with Crippen molar-refractivity contribution in [3.8, 4) is 33.4 Å². The molecule has 0 aliphatic heterocycles. The number of benzene rings is 23. The molecule has 3 nitrogen and oxygen atoms in total. The number of para-hydroxylation sites is 3. The molecule has 29 aromatic rings. The Labute approximate surface area is 814 Å². The summed E-state index contributed by atoms with van der Waals surface area (Å²) < 4.78 is 16.3. The van der Waals surface area contributed by atoms with Crippen molar-refractivity contribution >= 4 is 294 Å². The number of fused-ring (bicyclic) bond motifs is 28. The zero-order chi connectivity index (χ0) is 90.1. The molecule has 0 fully saturated rings. The fourth-order valence-electron chi connectivity index (χ4n) is 21.0. The second-order valence-electron chi connectivity index (χ2n) is 35.2. The summed E-state index contributed by atoms with van der Waals surface area (Å²) >= 11 is 11.4. The number of nitrogens with zero attached hydrogens (tertiary/aromatic N) is 3. The Bertz CT molecular complexity index is 9820. The van der Waals surface area contributed by atoms with Gasteiger partial charge in [0.25, 0.3) is 0 Å². The highest BCUT2D eigenvalue weighted by Gasteiger charge is 2.25. The molecule has 0 saturated heterocycles. The molecule has 6 heterocycles. The molecule has 9 heteroatoms. The number of rotatable bonds is 12. The van der Waals surface area contributed by atoms with Gasteiger partial charge in [-0.15, -0.1) is 68.0 Å². The zero-order valence-electron chi connectivity index (χ0n) is 73.9. The molecule has 0 bridgehead atoms. The van der Waals surface area contributed by atoms with Gasteiger partial charge in [-0.2, -0.15) is 0 Å². The van der Waals surface area contributed by atoms with Crippen LogP contribution in [0.15, 0.2) is 479 Å². The molecule has 642 valence electrons. The third-order valence-electron chi connectivity index (χ3n) is 27.3. The fourth-order valence-corrected chi connectivity index (χ4v) is 28.4. The summed E-state index contributed by atoms with van der Waals surface area (Å²) in [5, 5.41) is 29.0. The van der Waals surface area contributed by atoms with Gasteiger partial charge in [0, 0.05) is 172 Å². The average Bonchev–Trinajstić information content (AvgIpc) is 1.60. The van der Waals surface area contributed by atoms with E-state index in [2.05, 4.69) is 494 Å². The molecule has 137 heavy (non-hydrogen) atoms. The Morgan fingerprint density at radius 1 is 0.124 bits per heavy atom. The molecule has 23 aromatic carbocycles. The Morgan fingerprint density at radius 2 is 0.380 bits per heavy atom. The van der Waals surface area contributed by atoms with Gasteiger partial charge in [-0.1, -0.05) is 315 Å². The minimum atomic E-state index is 1.13. The van der Waals surface area contributed by atoms with E-state index in [9.17, 15) is 0 Å². The second-order valence-corrected chi connectivity index (χ2v) is 41.6.